The first-order valence-electron chi connectivity index (χ1n) is 8.72. The molecule has 29 heavy (non-hydrogen) atoms. The molecule has 8 heteroatoms. The lowest BCUT2D eigenvalue weighted by atomic mass is 10.1. The Morgan fingerprint density at radius 3 is 2.17 bits per heavy atom. The van der Waals surface area contributed by atoms with Crippen LogP contribution < -0.4 is 10.0 Å². The predicted molar refractivity (Wildman–Crippen MR) is 113 cm³/mol. The van der Waals surface area contributed by atoms with Crippen molar-refractivity contribution in [1.29, 1.82) is 0 Å². The van der Waals surface area contributed by atoms with E-state index >= 15 is 0 Å². The van der Waals surface area contributed by atoms with E-state index in [-0.39, 0.29) is 11.3 Å². The van der Waals surface area contributed by atoms with Gasteiger partial charge in [0.2, 0.25) is 15.9 Å². The van der Waals surface area contributed by atoms with Crippen LogP contribution in [0.25, 0.3) is 0 Å². The van der Waals surface area contributed by atoms with E-state index in [2.05, 4.69) is 26.0 Å². The van der Waals surface area contributed by atoms with Crippen LogP contribution >= 0.6 is 15.9 Å². The van der Waals surface area contributed by atoms with E-state index in [0.717, 1.165) is 34.3 Å². The fourth-order valence-electron chi connectivity index (χ4n) is 2.67. The number of hydrogen-bond acceptors (Lipinski definition) is 3. The summed E-state index contributed by atoms with van der Waals surface area (Å²) in [4.78, 5) is 12.7. The monoisotopic (exact) mass is 476 g/mol. The van der Waals surface area contributed by atoms with Crippen LogP contribution in [-0.2, 0) is 21.2 Å². The first kappa shape index (κ1) is 21.2. The Balaban J connectivity index is 1.84. The van der Waals surface area contributed by atoms with Gasteiger partial charge in [-0.1, -0.05) is 46.3 Å². The average Bonchev–Trinajstić information content (AvgIpc) is 2.70. The van der Waals surface area contributed by atoms with Crippen molar-refractivity contribution in [3.63, 3.8) is 0 Å². The van der Waals surface area contributed by atoms with Crippen molar-refractivity contribution >= 4 is 37.5 Å². The number of anilines is 1. The molecule has 0 spiro atoms. The molecule has 0 saturated carbocycles. The van der Waals surface area contributed by atoms with Crippen molar-refractivity contribution in [3.05, 3.63) is 94.7 Å². The maximum Gasteiger partial charge on any atom is 0.242 e. The number of carbonyl (C=O) groups excluding carboxylic acids is 1. The summed E-state index contributed by atoms with van der Waals surface area (Å²) >= 11 is 3.32. The lowest BCUT2D eigenvalue weighted by Gasteiger charge is -2.19. The van der Waals surface area contributed by atoms with Crippen molar-refractivity contribution in [3.8, 4) is 0 Å². The molecule has 0 aromatic heterocycles. The first-order valence-corrected chi connectivity index (χ1v) is 11.0. The summed E-state index contributed by atoms with van der Waals surface area (Å²) in [5, 5.41) is 2.73. The van der Waals surface area contributed by atoms with Crippen LogP contribution in [0.15, 0.2) is 88.2 Å². The Bertz CT molecular complexity index is 1070. The van der Waals surface area contributed by atoms with Gasteiger partial charge in [-0.05, 0) is 60.5 Å². The van der Waals surface area contributed by atoms with Crippen LogP contribution in [0.4, 0.5) is 10.1 Å². The molecule has 0 saturated heterocycles. The van der Waals surface area contributed by atoms with Gasteiger partial charge < -0.3 is 5.32 Å². The van der Waals surface area contributed by atoms with Crippen LogP contribution in [0.1, 0.15) is 5.56 Å². The molecule has 0 radical (unpaired) electrons. The number of nitrogens with one attached hydrogen (secondary N) is 2. The quantitative estimate of drug-likeness (QED) is 0.538. The Morgan fingerprint density at radius 1 is 0.931 bits per heavy atom. The third-order valence-electron chi connectivity index (χ3n) is 4.13. The van der Waals surface area contributed by atoms with Crippen LogP contribution in [0, 0.1) is 5.82 Å². The second-order valence-electron chi connectivity index (χ2n) is 6.31. The van der Waals surface area contributed by atoms with Crippen LogP contribution in [-0.4, -0.2) is 20.4 Å². The molecule has 0 heterocycles. The van der Waals surface area contributed by atoms with Gasteiger partial charge in [-0.25, -0.2) is 12.8 Å². The third kappa shape index (κ3) is 5.96. The van der Waals surface area contributed by atoms with Gasteiger partial charge in [-0.15, -0.1) is 0 Å². The van der Waals surface area contributed by atoms with Crippen molar-refractivity contribution in [2.75, 3.05) is 5.32 Å². The fourth-order valence-corrected chi connectivity index (χ4v) is 4.13. The molecule has 3 aromatic carbocycles. The first-order chi connectivity index (χ1) is 13.8. The summed E-state index contributed by atoms with van der Waals surface area (Å²) in [6.07, 6.45) is 0.156. The highest BCUT2D eigenvalue weighted by atomic mass is 79.9. The number of hydrogen-bond donors (Lipinski definition) is 2. The van der Waals surface area contributed by atoms with E-state index in [1.807, 2.05) is 30.3 Å². The van der Waals surface area contributed by atoms with E-state index in [1.54, 1.807) is 24.3 Å². The molecule has 0 aliphatic carbocycles. The van der Waals surface area contributed by atoms with E-state index in [0.29, 0.717) is 5.69 Å². The van der Waals surface area contributed by atoms with Crippen LogP contribution in [0.3, 0.4) is 0 Å². The summed E-state index contributed by atoms with van der Waals surface area (Å²) in [6, 6.07) is 19.4. The molecular formula is C21H18BrFN2O3S. The van der Waals surface area contributed by atoms with Gasteiger partial charge in [0.1, 0.15) is 11.9 Å². The molecule has 3 aromatic rings. The number of carbonyl (C=O) groups is 1. The summed E-state index contributed by atoms with van der Waals surface area (Å²) in [5.41, 5.74) is 1.34. The maximum atomic E-state index is 13.1. The van der Waals surface area contributed by atoms with E-state index < -0.39 is 27.8 Å². The molecule has 5 nitrogen and oxygen atoms in total. The normalized spacial score (nSPS) is 12.3. The molecule has 0 unspecified atom stereocenters. The van der Waals surface area contributed by atoms with Crippen molar-refractivity contribution in [2.45, 2.75) is 17.4 Å². The topological polar surface area (TPSA) is 75.3 Å². The molecule has 2 N–H and O–H groups in total. The number of sulfonamides is 1. The van der Waals surface area contributed by atoms with E-state index in [1.165, 1.54) is 0 Å². The molecular weight excluding hydrogens is 459 g/mol. The van der Waals surface area contributed by atoms with Crippen molar-refractivity contribution < 1.29 is 17.6 Å². The summed E-state index contributed by atoms with van der Waals surface area (Å²) in [5.74, 6) is -1.04. The van der Waals surface area contributed by atoms with Gasteiger partial charge in [0.15, 0.2) is 0 Å². The van der Waals surface area contributed by atoms with Gasteiger partial charge >= 0.3 is 0 Å². The Labute approximate surface area is 177 Å². The molecule has 150 valence electrons. The number of rotatable bonds is 7. The summed E-state index contributed by atoms with van der Waals surface area (Å²) in [7, 11) is -4.03. The van der Waals surface area contributed by atoms with Crippen LogP contribution in [0.5, 0.6) is 0 Å². The molecule has 0 aliphatic rings. The van der Waals surface area contributed by atoms with Crippen molar-refractivity contribution in [1.82, 2.24) is 4.72 Å². The second-order valence-corrected chi connectivity index (χ2v) is 8.94. The molecule has 1 atom stereocenters. The van der Waals surface area contributed by atoms with E-state index in [9.17, 15) is 17.6 Å². The predicted octanol–water partition coefficient (Wildman–Crippen LogP) is 4.12. The summed E-state index contributed by atoms with van der Waals surface area (Å²) < 4.78 is 41.9. The minimum Gasteiger partial charge on any atom is -0.325 e. The van der Waals surface area contributed by atoms with Gasteiger partial charge in [0.25, 0.3) is 0 Å². The Kier molecular flexibility index (Phi) is 6.79. The standard InChI is InChI=1S/C21H18BrFN2O3S/c22-16-6-10-18(11-7-16)24-21(26)20(14-15-4-2-1-3-5-15)25-29(27,28)19-12-8-17(23)9-13-19/h1-13,20,25H,14H2,(H,24,26)/t20-/m1/s1. The number of benzene rings is 3. The van der Waals surface area contributed by atoms with Crippen molar-refractivity contribution in [2.24, 2.45) is 0 Å². The molecule has 0 fully saturated rings. The highest BCUT2D eigenvalue weighted by molar-refractivity contribution is 9.10. The average molecular weight is 477 g/mol. The molecule has 3 rings (SSSR count). The maximum absolute atomic E-state index is 13.1. The minimum atomic E-state index is -4.03. The highest BCUT2D eigenvalue weighted by Crippen LogP contribution is 2.16. The number of amides is 1. The van der Waals surface area contributed by atoms with Crippen LogP contribution in [0.2, 0.25) is 0 Å². The molecule has 1 amide bonds. The smallest absolute Gasteiger partial charge is 0.242 e. The summed E-state index contributed by atoms with van der Waals surface area (Å²) in [6.45, 7) is 0. The van der Waals surface area contributed by atoms with Gasteiger partial charge in [0.05, 0.1) is 4.90 Å². The van der Waals surface area contributed by atoms with Gasteiger partial charge in [0, 0.05) is 10.2 Å². The zero-order valence-corrected chi connectivity index (χ0v) is 17.6. The SMILES string of the molecule is O=C(Nc1ccc(Br)cc1)[C@@H](Cc1ccccc1)NS(=O)(=O)c1ccc(F)cc1. The third-order valence-corrected chi connectivity index (χ3v) is 6.15. The van der Waals surface area contributed by atoms with Gasteiger partial charge in [-0.3, -0.25) is 4.79 Å². The highest BCUT2D eigenvalue weighted by Gasteiger charge is 2.26. The lowest BCUT2D eigenvalue weighted by Crippen LogP contribution is -2.45. The largest absolute Gasteiger partial charge is 0.325 e. The lowest BCUT2D eigenvalue weighted by molar-refractivity contribution is -0.117. The zero-order chi connectivity index (χ0) is 20.9. The van der Waals surface area contributed by atoms with E-state index in [4.69, 9.17) is 0 Å². The Hall–Kier alpha value is -2.55. The number of halogens is 2. The fraction of sp³-hybridized carbons (Fsp3) is 0.0952. The molecule has 0 aliphatic heterocycles. The Morgan fingerprint density at radius 2 is 1.55 bits per heavy atom. The zero-order valence-electron chi connectivity index (χ0n) is 15.2. The van der Waals surface area contributed by atoms with Gasteiger partial charge in [-0.2, -0.15) is 4.72 Å². The molecule has 0 bridgehead atoms. The minimum absolute atomic E-state index is 0.117. The second kappa shape index (κ2) is 9.30.